The van der Waals surface area contributed by atoms with Gasteiger partial charge in [-0.2, -0.15) is 0 Å². The van der Waals surface area contributed by atoms with E-state index in [2.05, 4.69) is 27.5 Å². The third kappa shape index (κ3) is 4.03. The average Bonchev–Trinajstić information content (AvgIpc) is 2.66. The molecular formula is C20H21N5O2. The Morgan fingerprint density at radius 3 is 2.30 bits per heavy atom. The highest BCUT2D eigenvalue weighted by molar-refractivity contribution is 5.77. The van der Waals surface area contributed by atoms with Gasteiger partial charge in [0.2, 0.25) is 11.6 Å². The van der Waals surface area contributed by atoms with E-state index in [9.17, 15) is 10.1 Å². The maximum absolute atomic E-state index is 11.7. The molecule has 0 aliphatic heterocycles. The lowest BCUT2D eigenvalue weighted by Crippen LogP contribution is -2.06. The number of hydrogen-bond acceptors (Lipinski definition) is 6. The maximum Gasteiger partial charge on any atom is 0.353 e. The van der Waals surface area contributed by atoms with Crippen molar-refractivity contribution in [1.82, 2.24) is 9.97 Å². The van der Waals surface area contributed by atoms with Gasteiger partial charge in [0, 0.05) is 11.4 Å². The van der Waals surface area contributed by atoms with Crippen molar-refractivity contribution in [2.75, 3.05) is 10.6 Å². The van der Waals surface area contributed by atoms with Crippen molar-refractivity contribution in [3.63, 3.8) is 0 Å². The highest BCUT2D eigenvalue weighted by atomic mass is 16.6. The van der Waals surface area contributed by atoms with E-state index in [1.165, 1.54) is 11.9 Å². The predicted molar refractivity (Wildman–Crippen MR) is 107 cm³/mol. The van der Waals surface area contributed by atoms with Crippen LogP contribution in [0.1, 0.15) is 23.6 Å². The molecule has 0 saturated heterocycles. The first-order valence-corrected chi connectivity index (χ1v) is 8.68. The van der Waals surface area contributed by atoms with E-state index in [0.29, 0.717) is 0 Å². The van der Waals surface area contributed by atoms with E-state index >= 15 is 0 Å². The molecule has 2 aromatic carbocycles. The summed E-state index contributed by atoms with van der Waals surface area (Å²) in [7, 11) is 0. The number of anilines is 4. The number of aryl methyl sites for hydroxylation is 2. The van der Waals surface area contributed by atoms with Crippen LogP contribution in [0, 0.1) is 24.0 Å². The topological polar surface area (TPSA) is 93.0 Å². The summed E-state index contributed by atoms with van der Waals surface area (Å²) in [5.74, 6) is 0.295. The zero-order valence-corrected chi connectivity index (χ0v) is 15.5. The molecule has 3 rings (SSSR count). The van der Waals surface area contributed by atoms with E-state index in [0.717, 1.165) is 28.9 Å². The molecule has 0 amide bonds. The summed E-state index contributed by atoms with van der Waals surface area (Å²) in [5.41, 5.74) is 4.59. The second-order valence-corrected chi connectivity index (χ2v) is 6.22. The molecule has 0 radical (unpaired) electrons. The molecule has 27 heavy (non-hydrogen) atoms. The molecule has 0 atom stereocenters. The summed E-state index contributed by atoms with van der Waals surface area (Å²) in [4.78, 5) is 19.4. The molecule has 0 fully saturated rings. The molecule has 0 aliphatic rings. The summed E-state index contributed by atoms with van der Waals surface area (Å²) in [5, 5.41) is 17.8. The molecule has 0 saturated carbocycles. The van der Waals surface area contributed by atoms with Crippen molar-refractivity contribution in [3.8, 4) is 0 Å². The summed E-state index contributed by atoms with van der Waals surface area (Å²) >= 11 is 0. The highest BCUT2D eigenvalue weighted by Gasteiger charge is 2.23. The average molecular weight is 363 g/mol. The Morgan fingerprint density at radius 2 is 1.67 bits per heavy atom. The lowest BCUT2D eigenvalue weighted by molar-refractivity contribution is -0.383. The van der Waals surface area contributed by atoms with Crippen LogP contribution in [0.5, 0.6) is 0 Å². The fourth-order valence-electron chi connectivity index (χ4n) is 2.71. The van der Waals surface area contributed by atoms with Crippen molar-refractivity contribution in [2.45, 2.75) is 27.2 Å². The minimum atomic E-state index is -0.476. The SMILES string of the molecule is CCc1ccc(Nc2ncnc(Nc3cccc(C)c3C)c2[N+](=O)[O-])cc1. The first kappa shape index (κ1) is 18.3. The zero-order chi connectivity index (χ0) is 19.4. The molecule has 138 valence electrons. The van der Waals surface area contributed by atoms with Gasteiger partial charge in [0.25, 0.3) is 0 Å². The molecule has 7 nitrogen and oxygen atoms in total. The van der Waals surface area contributed by atoms with Gasteiger partial charge in [0.1, 0.15) is 6.33 Å². The summed E-state index contributed by atoms with van der Waals surface area (Å²) in [6.07, 6.45) is 2.24. The number of hydrogen-bond donors (Lipinski definition) is 2. The Kier molecular flexibility index (Phi) is 5.30. The van der Waals surface area contributed by atoms with Crippen LogP contribution in [0.25, 0.3) is 0 Å². The van der Waals surface area contributed by atoms with Crippen LogP contribution < -0.4 is 10.6 Å². The molecular weight excluding hydrogens is 342 g/mol. The standard InChI is InChI=1S/C20H21N5O2/c1-4-15-8-10-16(11-9-15)23-19-18(25(26)27)20(22-12-21-19)24-17-7-5-6-13(2)14(17)3/h5-12H,4H2,1-3H3,(H2,21,22,23,24). The van der Waals surface area contributed by atoms with Gasteiger partial charge in [-0.3, -0.25) is 10.1 Å². The van der Waals surface area contributed by atoms with E-state index in [1.54, 1.807) is 0 Å². The van der Waals surface area contributed by atoms with Crippen LogP contribution in [0.2, 0.25) is 0 Å². The predicted octanol–water partition coefficient (Wildman–Crippen LogP) is 5.05. The monoisotopic (exact) mass is 363 g/mol. The maximum atomic E-state index is 11.7. The Bertz CT molecular complexity index is 971. The van der Waals surface area contributed by atoms with E-state index < -0.39 is 4.92 Å². The number of nitrogens with zero attached hydrogens (tertiary/aromatic N) is 3. The smallest absolute Gasteiger partial charge is 0.334 e. The molecule has 0 bridgehead atoms. The van der Waals surface area contributed by atoms with Gasteiger partial charge in [0.15, 0.2) is 0 Å². The van der Waals surface area contributed by atoms with Gasteiger partial charge in [0.05, 0.1) is 4.92 Å². The van der Waals surface area contributed by atoms with Crippen molar-refractivity contribution in [2.24, 2.45) is 0 Å². The van der Waals surface area contributed by atoms with Crippen LogP contribution in [-0.2, 0) is 6.42 Å². The minimum absolute atomic E-state index is 0.145. The third-order valence-corrected chi connectivity index (χ3v) is 4.49. The fraction of sp³-hybridized carbons (Fsp3) is 0.200. The molecule has 7 heteroatoms. The second kappa shape index (κ2) is 7.82. The molecule has 2 N–H and O–H groups in total. The lowest BCUT2D eigenvalue weighted by atomic mass is 10.1. The normalized spacial score (nSPS) is 10.5. The first-order chi connectivity index (χ1) is 13.0. The van der Waals surface area contributed by atoms with E-state index in [-0.39, 0.29) is 17.3 Å². The van der Waals surface area contributed by atoms with Crippen molar-refractivity contribution < 1.29 is 4.92 Å². The van der Waals surface area contributed by atoms with Crippen molar-refractivity contribution in [3.05, 3.63) is 75.6 Å². The quantitative estimate of drug-likeness (QED) is 0.470. The third-order valence-electron chi connectivity index (χ3n) is 4.49. The zero-order valence-electron chi connectivity index (χ0n) is 15.5. The Labute approximate surface area is 157 Å². The molecule has 0 unspecified atom stereocenters. The molecule has 3 aromatic rings. The molecule has 0 spiro atoms. The van der Waals surface area contributed by atoms with Gasteiger partial charge in [-0.1, -0.05) is 31.2 Å². The second-order valence-electron chi connectivity index (χ2n) is 6.22. The van der Waals surface area contributed by atoms with Crippen LogP contribution in [-0.4, -0.2) is 14.9 Å². The first-order valence-electron chi connectivity index (χ1n) is 8.68. The minimum Gasteiger partial charge on any atom is -0.334 e. The van der Waals surface area contributed by atoms with Gasteiger partial charge in [-0.05, 0) is 55.2 Å². The largest absolute Gasteiger partial charge is 0.353 e. The molecule has 0 aliphatic carbocycles. The number of rotatable bonds is 6. The number of nitrogens with one attached hydrogen (secondary N) is 2. The van der Waals surface area contributed by atoms with Gasteiger partial charge < -0.3 is 10.6 Å². The Balaban J connectivity index is 1.97. The van der Waals surface area contributed by atoms with E-state index in [4.69, 9.17) is 0 Å². The highest BCUT2D eigenvalue weighted by Crippen LogP contribution is 2.34. The number of nitro groups is 1. The van der Waals surface area contributed by atoms with Gasteiger partial charge in [-0.15, -0.1) is 0 Å². The van der Waals surface area contributed by atoms with E-state index in [1.807, 2.05) is 56.3 Å². The summed E-state index contributed by atoms with van der Waals surface area (Å²) < 4.78 is 0. The van der Waals surface area contributed by atoms with Crippen LogP contribution in [0.15, 0.2) is 48.8 Å². The summed E-state index contributed by atoms with van der Waals surface area (Å²) in [6, 6.07) is 13.5. The van der Waals surface area contributed by atoms with Crippen molar-refractivity contribution >= 4 is 28.7 Å². The lowest BCUT2D eigenvalue weighted by Gasteiger charge is -2.13. The van der Waals surface area contributed by atoms with Crippen molar-refractivity contribution in [1.29, 1.82) is 0 Å². The molecule has 1 heterocycles. The van der Waals surface area contributed by atoms with Gasteiger partial charge in [-0.25, -0.2) is 9.97 Å². The van der Waals surface area contributed by atoms with Gasteiger partial charge >= 0.3 is 5.69 Å². The Hall–Kier alpha value is -3.48. The fourth-order valence-corrected chi connectivity index (χ4v) is 2.71. The van der Waals surface area contributed by atoms with Crippen LogP contribution in [0.3, 0.4) is 0 Å². The van der Waals surface area contributed by atoms with Crippen LogP contribution in [0.4, 0.5) is 28.7 Å². The molecule has 1 aromatic heterocycles. The number of aromatic nitrogens is 2. The van der Waals surface area contributed by atoms with Crippen LogP contribution >= 0.6 is 0 Å². The summed E-state index contributed by atoms with van der Waals surface area (Å²) in [6.45, 7) is 6.02. The Morgan fingerprint density at radius 1 is 1.00 bits per heavy atom. The number of benzene rings is 2.